The number of nitrogens with two attached hydrogens (primary N) is 1. The standard InChI is InChI=1S/C14H11Cl2NO2S2/c15-9-3-1-8(10(16)7-9)2-4-11(18)12(13(17)19)14-20-5-6-21-14/h1-4,7H,5-6H2,(H2,17,19)/b4-2+. The molecule has 1 aliphatic rings. The van der Waals surface area contributed by atoms with Crippen molar-refractivity contribution >= 4 is 64.5 Å². The molecule has 2 N–H and O–H groups in total. The number of primary amides is 1. The van der Waals surface area contributed by atoms with Crippen LogP contribution in [0.25, 0.3) is 6.08 Å². The van der Waals surface area contributed by atoms with Crippen molar-refractivity contribution in [3.8, 4) is 0 Å². The van der Waals surface area contributed by atoms with Crippen molar-refractivity contribution in [2.45, 2.75) is 0 Å². The maximum atomic E-state index is 12.2. The molecule has 1 amide bonds. The molecule has 1 saturated heterocycles. The number of carbonyl (C=O) groups is 2. The topological polar surface area (TPSA) is 60.2 Å². The highest BCUT2D eigenvalue weighted by Gasteiger charge is 2.22. The van der Waals surface area contributed by atoms with E-state index in [0.717, 1.165) is 11.5 Å². The molecule has 0 unspecified atom stereocenters. The summed E-state index contributed by atoms with van der Waals surface area (Å²) >= 11 is 14.8. The van der Waals surface area contributed by atoms with Crippen molar-refractivity contribution < 1.29 is 9.59 Å². The van der Waals surface area contributed by atoms with Gasteiger partial charge in [0.05, 0.1) is 4.24 Å². The highest BCUT2D eigenvalue weighted by molar-refractivity contribution is 8.25. The van der Waals surface area contributed by atoms with Crippen LogP contribution in [0, 0.1) is 0 Å². The minimum Gasteiger partial charge on any atom is -0.365 e. The SMILES string of the molecule is NC(=O)C(C(=O)/C=C/c1ccc(Cl)cc1Cl)=C1SCCS1. The van der Waals surface area contributed by atoms with Crippen molar-refractivity contribution in [3.05, 3.63) is 49.7 Å². The third kappa shape index (κ3) is 4.30. The van der Waals surface area contributed by atoms with Gasteiger partial charge in [0, 0.05) is 21.6 Å². The lowest BCUT2D eigenvalue weighted by Crippen LogP contribution is -2.20. The predicted octanol–water partition coefficient (Wildman–Crippen LogP) is 3.75. The summed E-state index contributed by atoms with van der Waals surface area (Å²) in [5, 5.41) is 0.951. The van der Waals surface area contributed by atoms with Gasteiger partial charge < -0.3 is 5.73 Å². The Kier molecular flexibility index (Phi) is 5.81. The summed E-state index contributed by atoms with van der Waals surface area (Å²) in [6, 6.07) is 4.96. The van der Waals surface area contributed by atoms with Gasteiger partial charge in [-0.3, -0.25) is 9.59 Å². The van der Waals surface area contributed by atoms with Gasteiger partial charge in [-0.1, -0.05) is 29.3 Å². The van der Waals surface area contributed by atoms with E-state index in [1.807, 2.05) is 0 Å². The number of rotatable bonds is 4. The van der Waals surface area contributed by atoms with Crippen molar-refractivity contribution in [1.82, 2.24) is 0 Å². The molecule has 110 valence electrons. The summed E-state index contributed by atoms with van der Waals surface area (Å²) in [5.41, 5.74) is 6.01. The number of hydrogen-bond acceptors (Lipinski definition) is 4. The quantitative estimate of drug-likeness (QED) is 0.505. The van der Waals surface area contributed by atoms with Crippen molar-refractivity contribution in [3.63, 3.8) is 0 Å². The average Bonchev–Trinajstić information content (AvgIpc) is 2.91. The van der Waals surface area contributed by atoms with E-state index in [2.05, 4.69) is 0 Å². The van der Waals surface area contributed by atoms with E-state index in [1.165, 1.54) is 29.6 Å². The summed E-state index contributed by atoms with van der Waals surface area (Å²) in [7, 11) is 0. The summed E-state index contributed by atoms with van der Waals surface area (Å²) in [6.45, 7) is 0. The van der Waals surface area contributed by atoms with Crippen LogP contribution in [0.2, 0.25) is 10.0 Å². The maximum absolute atomic E-state index is 12.2. The first-order valence-electron chi connectivity index (χ1n) is 5.96. The number of halogens is 2. The van der Waals surface area contributed by atoms with E-state index in [-0.39, 0.29) is 5.57 Å². The van der Waals surface area contributed by atoms with Gasteiger partial charge in [0.15, 0.2) is 5.78 Å². The zero-order valence-electron chi connectivity index (χ0n) is 10.8. The molecule has 0 aromatic heterocycles. The van der Waals surface area contributed by atoms with Crippen molar-refractivity contribution in [2.75, 3.05) is 11.5 Å². The first-order valence-corrected chi connectivity index (χ1v) is 8.69. The smallest absolute Gasteiger partial charge is 0.254 e. The fourth-order valence-corrected chi connectivity index (χ4v) is 4.70. The molecule has 0 saturated carbocycles. The van der Waals surface area contributed by atoms with Gasteiger partial charge in [-0.15, -0.1) is 23.5 Å². The summed E-state index contributed by atoms with van der Waals surface area (Å²) < 4.78 is 0.694. The second kappa shape index (κ2) is 7.40. The Morgan fingerprint density at radius 3 is 2.43 bits per heavy atom. The second-order valence-corrected chi connectivity index (χ2v) is 7.40. The van der Waals surface area contributed by atoms with Gasteiger partial charge in [-0.25, -0.2) is 0 Å². The Morgan fingerprint density at radius 1 is 1.19 bits per heavy atom. The van der Waals surface area contributed by atoms with Crippen LogP contribution in [0.3, 0.4) is 0 Å². The van der Waals surface area contributed by atoms with Crippen LogP contribution >= 0.6 is 46.7 Å². The summed E-state index contributed by atoms with van der Waals surface area (Å²) in [6.07, 6.45) is 2.86. The Hall–Kier alpha value is -0.880. The molecular weight excluding hydrogens is 349 g/mol. The van der Waals surface area contributed by atoms with Crippen LogP contribution in [0.1, 0.15) is 5.56 Å². The van der Waals surface area contributed by atoms with Crippen LogP contribution in [0.5, 0.6) is 0 Å². The van der Waals surface area contributed by atoms with Crippen molar-refractivity contribution in [2.24, 2.45) is 5.73 Å². The van der Waals surface area contributed by atoms with Gasteiger partial charge in [0.25, 0.3) is 5.91 Å². The number of ketones is 1. The van der Waals surface area contributed by atoms with Gasteiger partial charge >= 0.3 is 0 Å². The molecule has 0 spiro atoms. The molecule has 3 nitrogen and oxygen atoms in total. The number of amides is 1. The molecule has 0 atom stereocenters. The lowest BCUT2D eigenvalue weighted by Gasteiger charge is -2.03. The molecule has 1 heterocycles. The van der Waals surface area contributed by atoms with Crippen LogP contribution in [0.4, 0.5) is 0 Å². The zero-order valence-corrected chi connectivity index (χ0v) is 13.9. The summed E-state index contributed by atoms with van der Waals surface area (Å²) in [5.74, 6) is 0.627. The largest absolute Gasteiger partial charge is 0.365 e. The predicted molar refractivity (Wildman–Crippen MR) is 91.6 cm³/mol. The Labute approximate surface area is 140 Å². The van der Waals surface area contributed by atoms with E-state index in [0.29, 0.717) is 19.8 Å². The van der Waals surface area contributed by atoms with Gasteiger partial charge in [0.2, 0.25) is 0 Å². The normalized spacial score (nSPS) is 14.7. The van der Waals surface area contributed by atoms with Crippen molar-refractivity contribution in [1.29, 1.82) is 0 Å². The fourth-order valence-electron chi connectivity index (χ4n) is 1.66. The molecular formula is C14H11Cl2NO2S2. The number of carbonyl (C=O) groups excluding carboxylic acids is 2. The average molecular weight is 360 g/mol. The molecule has 0 radical (unpaired) electrons. The first kappa shape index (κ1) is 16.5. The Balaban J connectivity index is 2.25. The minimum atomic E-state index is -0.705. The highest BCUT2D eigenvalue weighted by atomic mass is 35.5. The third-order valence-electron chi connectivity index (χ3n) is 2.62. The molecule has 21 heavy (non-hydrogen) atoms. The molecule has 0 bridgehead atoms. The lowest BCUT2D eigenvalue weighted by atomic mass is 10.1. The number of allylic oxidation sites excluding steroid dienone is 1. The van der Waals surface area contributed by atoms with E-state index in [9.17, 15) is 9.59 Å². The molecule has 1 aliphatic heterocycles. The Morgan fingerprint density at radius 2 is 1.86 bits per heavy atom. The van der Waals surface area contributed by atoms with Gasteiger partial charge in [-0.2, -0.15) is 0 Å². The maximum Gasteiger partial charge on any atom is 0.254 e. The number of hydrogen-bond donors (Lipinski definition) is 1. The van der Waals surface area contributed by atoms with Crippen LogP contribution in [-0.4, -0.2) is 23.2 Å². The minimum absolute atomic E-state index is 0.0452. The van der Waals surface area contributed by atoms with Crippen LogP contribution in [-0.2, 0) is 9.59 Å². The molecule has 1 aromatic rings. The van der Waals surface area contributed by atoms with Gasteiger partial charge in [0.1, 0.15) is 5.57 Å². The number of benzene rings is 1. The Bertz CT molecular complexity index is 648. The summed E-state index contributed by atoms with van der Waals surface area (Å²) in [4.78, 5) is 23.7. The van der Waals surface area contributed by atoms with Gasteiger partial charge in [-0.05, 0) is 29.8 Å². The second-order valence-electron chi connectivity index (χ2n) is 4.09. The van der Waals surface area contributed by atoms with Crippen LogP contribution in [0.15, 0.2) is 34.1 Å². The fraction of sp³-hybridized carbons (Fsp3) is 0.143. The van der Waals surface area contributed by atoms with Crippen LogP contribution < -0.4 is 5.73 Å². The molecule has 1 aromatic carbocycles. The number of thioether (sulfide) groups is 2. The van der Waals surface area contributed by atoms with E-state index >= 15 is 0 Å². The molecule has 7 heteroatoms. The van der Waals surface area contributed by atoms with E-state index < -0.39 is 11.7 Å². The van der Waals surface area contributed by atoms with E-state index in [1.54, 1.807) is 24.3 Å². The third-order valence-corrected chi connectivity index (χ3v) is 5.90. The first-order chi connectivity index (χ1) is 9.99. The van der Waals surface area contributed by atoms with E-state index in [4.69, 9.17) is 28.9 Å². The molecule has 1 fully saturated rings. The lowest BCUT2D eigenvalue weighted by molar-refractivity contribution is -0.118. The molecule has 2 rings (SSSR count). The monoisotopic (exact) mass is 359 g/mol. The zero-order chi connectivity index (χ0) is 15.4. The molecule has 0 aliphatic carbocycles. The highest BCUT2D eigenvalue weighted by Crippen LogP contribution is 2.38.